The first-order chi connectivity index (χ1) is 15.9. The van der Waals surface area contributed by atoms with Gasteiger partial charge in [0.15, 0.2) is 0 Å². The van der Waals surface area contributed by atoms with E-state index in [0.717, 1.165) is 16.5 Å². The normalized spacial score (nSPS) is 12.8. The minimum absolute atomic E-state index is 0.0854. The van der Waals surface area contributed by atoms with Gasteiger partial charge in [-0.3, -0.25) is 14.4 Å². The van der Waals surface area contributed by atoms with Crippen LogP contribution in [0.5, 0.6) is 0 Å². The number of carbonyl (C=O) groups excluding carboxylic acids is 3. The van der Waals surface area contributed by atoms with Crippen molar-refractivity contribution in [2.45, 2.75) is 26.2 Å². The Morgan fingerprint density at radius 1 is 0.939 bits per heavy atom. The Balaban J connectivity index is 1.64. The molecule has 0 saturated carbocycles. The van der Waals surface area contributed by atoms with E-state index in [1.165, 1.54) is 12.1 Å². The fourth-order valence-corrected chi connectivity index (χ4v) is 4.20. The van der Waals surface area contributed by atoms with Gasteiger partial charge in [0, 0.05) is 0 Å². The van der Waals surface area contributed by atoms with Crippen LogP contribution in [0, 0.1) is 5.82 Å². The molecule has 2 amide bonds. The Hall–Kier alpha value is -3.51. The molecule has 0 saturated heterocycles. The summed E-state index contributed by atoms with van der Waals surface area (Å²) in [5.41, 5.74) is 2.27. The molecule has 3 aromatic carbocycles. The molecule has 0 unspecified atom stereocenters. The maximum Gasteiger partial charge on any atom is 0.310 e. The summed E-state index contributed by atoms with van der Waals surface area (Å²) in [6.07, 6.45) is 1.09. The number of aryl methyl sites for hydroxylation is 2. The molecule has 1 heterocycles. The number of carbonyl (C=O) groups is 3. The Bertz CT molecular complexity index is 1240. The Labute approximate surface area is 195 Å². The lowest BCUT2D eigenvalue weighted by molar-refractivity contribution is -0.142. The first-order valence-electron chi connectivity index (χ1n) is 10.6. The Kier molecular flexibility index (Phi) is 6.56. The van der Waals surface area contributed by atoms with Crippen molar-refractivity contribution in [1.82, 2.24) is 0 Å². The molecule has 7 heteroatoms. The van der Waals surface area contributed by atoms with Crippen molar-refractivity contribution in [2.24, 2.45) is 0 Å². The number of esters is 1. The fourth-order valence-electron chi connectivity index (χ4n) is 3.96. The van der Waals surface area contributed by atoms with Gasteiger partial charge in [-0.15, -0.1) is 0 Å². The molecule has 0 N–H and O–H groups in total. The smallest absolute Gasteiger partial charge is 0.310 e. The number of imide groups is 1. The minimum Gasteiger partial charge on any atom is -0.466 e. The van der Waals surface area contributed by atoms with Crippen LogP contribution in [0.2, 0.25) is 5.02 Å². The highest BCUT2D eigenvalue weighted by molar-refractivity contribution is 6.42. The fraction of sp³-hybridized carbons (Fsp3) is 0.192. The first kappa shape index (κ1) is 22.7. The minimum atomic E-state index is -0.784. The second-order valence-electron chi connectivity index (χ2n) is 7.66. The van der Waals surface area contributed by atoms with Crippen molar-refractivity contribution in [2.75, 3.05) is 11.5 Å². The van der Waals surface area contributed by atoms with Crippen molar-refractivity contribution >= 4 is 35.1 Å². The van der Waals surface area contributed by atoms with Gasteiger partial charge in [0.05, 0.1) is 34.9 Å². The van der Waals surface area contributed by atoms with Crippen molar-refractivity contribution in [1.29, 1.82) is 0 Å². The quantitative estimate of drug-likeness (QED) is 0.356. The predicted molar refractivity (Wildman–Crippen MR) is 123 cm³/mol. The lowest BCUT2D eigenvalue weighted by atomic mass is 9.97. The zero-order chi connectivity index (χ0) is 23.5. The van der Waals surface area contributed by atoms with Crippen LogP contribution in [-0.2, 0) is 28.8 Å². The summed E-state index contributed by atoms with van der Waals surface area (Å²) >= 11 is 6.28. The van der Waals surface area contributed by atoms with Crippen LogP contribution in [0.1, 0.15) is 44.3 Å². The Morgan fingerprint density at radius 2 is 1.67 bits per heavy atom. The monoisotopic (exact) mass is 465 g/mol. The average Bonchev–Trinajstić information content (AvgIpc) is 3.06. The van der Waals surface area contributed by atoms with Crippen LogP contribution in [-0.4, -0.2) is 24.4 Å². The number of benzene rings is 3. The van der Waals surface area contributed by atoms with Crippen molar-refractivity contribution < 1.29 is 23.5 Å². The molecule has 5 nitrogen and oxygen atoms in total. The topological polar surface area (TPSA) is 63.7 Å². The molecule has 0 bridgehead atoms. The zero-order valence-corrected chi connectivity index (χ0v) is 18.7. The van der Waals surface area contributed by atoms with E-state index in [9.17, 15) is 18.8 Å². The second kappa shape index (κ2) is 9.55. The summed E-state index contributed by atoms with van der Waals surface area (Å²) in [5.74, 6) is -2.55. The van der Waals surface area contributed by atoms with Gasteiger partial charge in [0.1, 0.15) is 5.82 Å². The van der Waals surface area contributed by atoms with Gasteiger partial charge in [0.2, 0.25) is 0 Å². The number of hydrogen-bond acceptors (Lipinski definition) is 4. The summed E-state index contributed by atoms with van der Waals surface area (Å²) < 4.78 is 19.8. The SMILES string of the molecule is CCOC(=O)Cc1ccc(N2C(=O)c3c(Cl)ccc(CCc4ccccc4)c3C2=O)c(F)c1. The maximum absolute atomic E-state index is 14.9. The van der Waals surface area contributed by atoms with E-state index in [0.29, 0.717) is 24.0 Å². The molecule has 0 spiro atoms. The number of fused-ring (bicyclic) bond motifs is 1. The summed E-state index contributed by atoms with van der Waals surface area (Å²) in [5, 5.41) is 0.147. The zero-order valence-electron chi connectivity index (χ0n) is 17.9. The highest BCUT2D eigenvalue weighted by atomic mass is 35.5. The first-order valence-corrected chi connectivity index (χ1v) is 11.0. The third kappa shape index (κ3) is 4.52. The molecule has 1 aliphatic rings. The largest absolute Gasteiger partial charge is 0.466 e. The summed E-state index contributed by atoms with van der Waals surface area (Å²) in [6.45, 7) is 1.91. The maximum atomic E-state index is 14.9. The van der Waals surface area contributed by atoms with E-state index in [1.54, 1.807) is 19.1 Å². The standard InChI is InChI=1S/C26H21ClFNO4/c1-2-33-22(30)15-17-9-13-21(20(28)14-17)29-25(31)23-18(10-8-16-6-4-3-5-7-16)11-12-19(27)24(23)26(29)32/h3-7,9,11-14H,2,8,10,15H2,1H3. The van der Waals surface area contributed by atoms with Gasteiger partial charge < -0.3 is 4.74 Å². The lowest BCUT2D eigenvalue weighted by Gasteiger charge is -2.16. The van der Waals surface area contributed by atoms with Crippen LogP contribution >= 0.6 is 11.6 Å². The molecule has 1 aliphatic heterocycles. The molecule has 3 aromatic rings. The van der Waals surface area contributed by atoms with E-state index < -0.39 is 23.6 Å². The van der Waals surface area contributed by atoms with Crippen LogP contribution < -0.4 is 4.90 Å². The molecular formula is C26H21ClFNO4. The molecule has 0 atom stereocenters. The predicted octanol–water partition coefficient (Wildman–Crippen LogP) is 5.17. The van der Waals surface area contributed by atoms with E-state index in [2.05, 4.69) is 0 Å². The van der Waals surface area contributed by atoms with Crippen LogP contribution in [0.4, 0.5) is 10.1 Å². The third-order valence-corrected chi connectivity index (χ3v) is 5.82. The number of anilines is 1. The van der Waals surface area contributed by atoms with E-state index in [-0.39, 0.29) is 34.9 Å². The van der Waals surface area contributed by atoms with Gasteiger partial charge in [-0.25, -0.2) is 9.29 Å². The van der Waals surface area contributed by atoms with Crippen LogP contribution in [0.25, 0.3) is 0 Å². The van der Waals surface area contributed by atoms with Gasteiger partial charge >= 0.3 is 5.97 Å². The number of halogens is 2. The molecule has 168 valence electrons. The van der Waals surface area contributed by atoms with Gasteiger partial charge in [-0.2, -0.15) is 0 Å². The summed E-state index contributed by atoms with van der Waals surface area (Å²) in [7, 11) is 0. The second-order valence-corrected chi connectivity index (χ2v) is 8.06. The highest BCUT2D eigenvalue weighted by Gasteiger charge is 2.41. The van der Waals surface area contributed by atoms with Gasteiger partial charge in [0.25, 0.3) is 11.8 Å². The van der Waals surface area contributed by atoms with Crippen LogP contribution in [0.3, 0.4) is 0 Å². The summed E-state index contributed by atoms with van der Waals surface area (Å²) in [6, 6.07) is 17.1. The molecule has 0 aliphatic carbocycles. The average molecular weight is 466 g/mol. The van der Waals surface area contributed by atoms with Crippen molar-refractivity contribution in [3.8, 4) is 0 Å². The van der Waals surface area contributed by atoms with E-state index >= 15 is 0 Å². The van der Waals surface area contributed by atoms with E-state index in [4.69, 9.17) is 16.3 Å². The van der Waals surface area contributed by atoms with Crippen LogP contribution in [0.15, 0.2) is 60.7 Å². The third-order valence-electron chi connectivity index (χ3n) is 5.51. The van der Waals surface area contributed by atoms with E-state index in [1.807, 2.05) is 30.3 Å². The molecule has 4 rings (SSSR count). The number of ether oxygens (including phenoxy) is 1. The molecule has 0 aromatic heterocycles. The molecular weight excluding hydrogens is 445 g/mol. The Morgan fingerprint density at radius 3 is 2.36 bits per heavy atom. The summed E-state index contributed by atoms with van der Waals surface area (Å²) in [4.78, 5) is 38.9. The number of rotatable bonds is 7. The van der Waals surface area contributed by atoms with Crippen molar-refractivity contribution in [3.63, 3.8) is 0 Å². The number of hydrogen-bond donors (Lipinski definition) is 0. The number of amides is 2. The van der Waals surface area contributed by atoms with Gasteiger partial charge in [-0.05, 0) is 54.7 Å². The lowest BCUT2D eigenvalue weighted by Crippen LogP contribution is -2.30. The highest BCUT2D eigenvalue weighted by Crippen LogP contribution is 2.36. The number of nitrogens with zero attached hydrogens (tertiary/aromatic N) is 1. The van der Waals surface area contributed by atoms with Crippen molar-refractivity contribution in [3.05, 3.63) is 99.3 Å². The van der Waals surface area contributed by atoms with Gasteiger partial charge in [-0.1, -0.05) is 54.1 Å². The molecule has 0 radical (unpaired) electrons. The molecule has 0 fully saturated rings. The molecule has 33 heavy (non-hydrogen) atoms.